The lowest BCUT2D eigenvalue weighted by Gasteiger charge is -2.49. The molecule has 0 saturated heterocycles. The van der Waals surface area contributed by atoms with Crippen LogP contribution in [-0.2, 0) is 0 Å². The molecule has 0 atom stereocenters. The van der Waals surface area contributed by atoms with Gasteiger partial charge in [0.05, 0.1) is 0 Å². The van der Waals surface area contributed by atoms with Crippen molar-refractivity contribution in [3.05, 3.63) is 23.9 Å². The van der Waals surface area contributed by atoms with Gasteiger partial charge in [0.15, 0.2) is 0 Å². The highest BCUT2D eigenvalue weighted by Crippen LogP contribution is 2.37. The molecule has 0 amide bonds. The van der Waals surface area contributed by atoms with Gasteiger partial charge in [-0.3, -0.25) is 0 Å². The summed E-state index contributed by atoms with van der Waals surface area (Å²) in [5.74, 6) is 0.966. The van der Waals surface area contributed by atoms with E-state index in [1.54, 1.807) is 6.20 Å². The SMILES string of the molecule is CN(CC1(N(C)C)CCC1)c1ccc(C(N)=S)cn1. The van der Waals surface area contributed by atoms with Crippen molar-refractivity contribution in [3.63, 3.8) is 0 Å². The van der Waals surface area contributed by atoms with Gasteiger partial charge in [-0.05, 0) is 45.5 Å². The second-order valence-electron chi connectivity index (χ2n) is 5.60. The molecule has 0 unspecified atom stereocenters. The van der Waals surface area contributed by atoms with E-state index in [1.807, 2.05) is 12.1 Å². The Morgan fingerprint density at radius 1 is 1.37 bits per heavy atom. The minimum absolute atomic E-state index is 0.304. The molecule has 4 nitrogen and oxygen atoms in total. The summed E-state index contributed by atoms with van der Waals surface area (Å²) in [6.07, 6.45) is 5.59. The Morgan fingerprint density at radius 2 is 2.05 bits per heavy atom. The summed E-state index contributed by atoms with van der Waals surface area (Å²) in [5, 5.41) is 0. The first-order chi connectivity index (χ1) is 8.94. The average molecular weight is 278 g/mol. The van der Waals surface area contributed by atoms with E-state index in [9.17, 15) is 0 Å². The van der Waals surface area contributed by atoms with E-state index in [4.69, 9.17) is 18.0 Å². The second-order valence-corrected chi connectivity index (χ2v) is 6.04. The number of likely N-dealkylation sites (N-methyl/N-ethyl adjacent to an activating group) is 2. The van der Waals surface area contributed by atoms with Crippen LogP contribution in [0.1, 0.15) is 24.8 Å². The molecule has 1 aromatic rings. The molecule has 5 heteroatoms. The van der Waals surface area contributed by atoms with Gasteiger partial charge in [-0.25, -0.2) is 4.98 Å². The highest BCUT2D eigenvalue weighted by Gasteiger charge is 2.40. The standard InChI is InChI=1S/C14H22N4S/c1-17(2)14(7-4-8-14)10-18(3)12-6-5-11(9-16-12)13(15)19/h5-6,9H,4,7-8,10H2,1-3H3,(H2,15,19). The third kappa shape index (κ3) is 2.87. The Labute approximate surface area is 120 Å². The van der Waals surface area contributed by atoms with Crippen LogP contribution in [0, 0.1) is 0 Å². The van der Waals surface area contributed by atoms with E-state index in [1.165, 1.54) is 19.3 Å². The van der Waals surface area contributed by atoms with Crippen molar-refractivity contribution in [1.29, 1.82) is 0 Å². The minimum atomic E-state index is 0.304. The quantitative estimate of drug-likeness (QED) is 0.830. The zero-order valence-corrected chi connectivity index (χ0v) is 12.7. The highest BCUT2D eigenvalue weighted by molar-refractivity contribution is 7.80. The van der Waals surface area contributed by atoms with Gasteiger partial charge in [0.25, 0.3) is 0 Å². The molecule has 2 rings (SSSR count). The van der Waals surface area contributed by atoms with Crippen LogP contribution >= 0.6 is 12.2 Å². The van der Waals surface area contributed by atoms with Gasteiger partial charge >= 0.3 is 0 Å². The van der Waals surface area contributed by atoms with Crippen LogP contribution in [0.4, 0.5) is 5.82 Å². The first kappa shape index (κ1) is 14.2. The number of thiocarbonyl (C=S) groups is 1. The predicted molar refractivity (Wildman–Crippen MR) is 83.7 cm³/mol. The first-order valence-corrected chi connectivity index (χ1v) is 7.00. The van der Waals surface area contributed by atoms with E-state index < -0.39 is 0 Å². The first-order valence-electron chi connectivity index (χ1n) is 6.59. The minimum Gasteiger partial charge on any atom is -0.389 e. The number of hydrogen-bond acceptors (Lipinski definition) is 4. The van der Waals surface area contributed by atoms with Crippen LogP contribution in [0.3, 0.4) is 0 Å². The lowest BCUT2D eigenvalue weighted by molar-refractivity contribution is 0.0682. The lowest BCUT2D eigenvalue weighted by atomic mass is 9.75. The van der Waals surface area contributed by atoms with E-state index >= 15 is 0 Å². The molecule has 0 aromatic carbocycles. The van der Waals surface area contributed by atoms with Gasteiger partial charge in [0, 0.05) is 30.9 Å². The maximum absolute atomic E-state index is 5.58. The normalized spacial score (nSPS) is 17.1. The van der Waals surface area contributed by atoms with Crippen LogP contribution in [0.5, 0.6) is 0 Å². The fourth-order valence-corrected chi connectivity index (χ4v) is 2.73. The molecular weight excluding hydrogens is 256 g/mol. The summed E-state index contributed by atoms with van der Waals surface area (Å²) in [4.78, 5) is 9.39. The number of aromatic nitrogens is 1. The molecule has 19 heavy (non-hydrogen) atoms. The van der Waals surface area contributed by atoms with Crippen molar-refractivity contribution in [2.75, 3.05) is 32.6 Å². The number of hydrogen-bond donors (Lipinski definition) is 1. The van der Waals surface area contributed by atoms with E-state index in [-0.39, 0.29) is 0 Å². The highest BCUT2D eigenvalue weighted by atomic mass is 32.1. The molecule has 1 aliphatic rings. The van der Waals surface area contributed by atoms with Gasteiger partial charge < -0.3 is 15.5 Å². The summed E-state index contributed by atoms with van der Waals surface area (Å²) in [7, 11) is 6.42. The Bertz CT molecular complexity index is 451. The van der Waals surface area contributed by atoms with Crippen LogP contribution in [0.2, 0.25) is 0 Å². The molecule has 104 valence electrons. The Kier molecular flexibility index (Phi) is 4.06. The summed E-state index contributed by atoms with van der Waals surface area (Å²) >= 11 is 4.94. The van der Waals surface area contributed by atoms with Crippen LogP contribution < -0.4 is 10.6 Å². The lowest BCUT2D eigenvalue weighted by Crippen LogP contribution is -2.56. The van der Waals surface area contributed by atoms with Crippen LogP contribution in [0.15, 0.2) is 18.3 Å². The molecule has 1 saturated carbocycles. The van der Waals surface area contributed by atoms with E-state index in [0.717, 1.165) is 17.9 Å². The van der Waals surface area contributed by atoms with Gasteiger partial charge in [0.2, 0.25) is 0 Å². The van der Waals surface area contributed by atoms with Crippen molar-refractivity contribution in [2.24, 2.45) is 5.73 Å². The third-order valence-corrected chi connectivity index (χ3v) is 4.42. The second kappa shape index (κ2) is 5.43. The molecule has 0 spiro atoms. The summed E-state index contributed by atoms with van der Waals surface area (Å²) in [6, 6.07) is 3.92. The molecule has 1 aliphatic carbocycles. The van der Waals surface area contributed by atoms with E-state index in [0.29, 0.717) is 10.5 Å². The fourth-order valence-electron chi connectivity index (χ4n) is 2.61. The van der Waals surface area contributed by atoms with Gasteiger partial charge in [0.1, 0.15) is 10.8 Å². The maximum Gasteiger partial charge on any atom is 0.128 e. The van der Waals surface area contributed by atoms with Crippen molar-refractivity contribution in [2.45, 2.75) is 24.8 Å². The smallest absolute Gasteiger partial charge is 0.128 e. The Balaban J connectivity index is 2.07. The molecule has 0 bridgehead atoms. The van der Waals surface area contributed by atoms with Gasteiger partial charge in [-0.15, -0.1) is 0 Å². The molecule has 0 radical (unpaired) electrons. The number of nitrogens with zero attached hydrogens (tertiary/aromatic N) is 3. The number of nitrogens with two attached hydrogens (primary N) is 1. The van der Waals surface area contributed by atoms with E-state index in [2.05, 4.69) is 35.9 Å². The van der Waals surface area contributed by atoms with Crippen molar-refractivity contribution in [3.8, 4) is 0 Å². The molecular formula is C14H22N4S. The maximum atomic E-state index is 5.58. The fraction of sp³-hybridized carbons (Fsp3) is 0.571. The largest absolute Gasteiger partial charge is 0.389 e. The van der Waals surface area contributed by atoms with Crippen LogP contribution in [0.25, 0.3) is 0 Å². The topological polar surface area (TPSA) is 45.4 Å². The molecule has 0 aliphatic heterocycles. The zero-order chi connectivity index (χ0) is 14.0. The Morgan fingerprint density at radius 3 is 2.42 bits per heavy atom. The molecule has 1 fully saturated rings. The van der Waals surface area contributed by atoms with Gasteiger partial charge in [-0.2, -0.15) is 0 Å². The van der Waals surface area contributed by atoms with Crippen molar-refractivity contribution >= 4 is 23.0 Å². The summed E-state index contributed by atoms with van der Waals surface area (Å²) < 4.78 is 0. The summed E-state index contributed by atoms with van der Waals surface area (Å²) in [6.45, 7) is 0.999. The molecule has 1 aromatic heterocycles. The molecule has 2 N–H and O–H groups in total. The monoisotopic (exact) mass is 278 g/mol. The van der Waals surface area contributed by atoms with Crippen LogP contribution in [-0.4, -0.2) is 48.1 Å². The third-order valence-electron chi connectivity index (χ3n) is 4.19. The van der Waals surface area contributed by atoms with Gasteiger partial charge in [-0.1, -0.05) is 12.2 Å². The Hall–Kier alpha value is -1.20. The average Bonchev–Trinajstić information content (AvgIpc) is 2.33. The summed E-state index contributed by atoms with van der Waals surface area (Å²) in [5.41, 5.74) is 6.70. The number of anilines is 1. The van der Waals surface area contributed by atoms with Crippen molar-refractivity contribution < 1.29 is 0 Å². The predicted octanol–water partition coefficient (Wildman–Crippen LogP) is 1.64. The molecule has 1 heterocycles. The number of pyridine rings is 1. The number of rotatable bonds is 5. The zero-order valence-electron chi connectivity index (χ0n) is 11.9. The van der Waals surface area contributed by atoms with Crippen molar-refractivity contribution in [1.82, 2.24) is 9.88 Å².